The van der Waals surface area contributed by atoms with E-state index in [-0.39, 0.29) is 43.0 Å². The number of anilines is 1. The Morgan fingerprint density at radius 2 is 1.79 bits per heavy atom. The van der Waals surface area contributed by atoms with Gasteiger partial charge < -0.3 is 16.0 Å². The lowest BCUT2D eigenvalue weighted by molar-refractivity contribution is -0.123. The topological polar surface area (TPSA) is 100 Å². The Balaban J connectivity index is 1.55. The summed E-state index contributed by atoms with van der Waals surface area (Å²) in [5.41, 5.74) is 0.823. The molecule has 1 aliphatic rings. The number of aromatic nitrogens is 1. The third-order valence-corrected chi connectivity index (χ3v) is 3.93. The van der Waals surface area contributed by atoms with E-state index < -0.39 is 0 Å². The summed E-state index contributed by atoms with van der Waals surface area (Å²) >= 11 is 0. The van der Waals surface area contributed by atoms with Crippen LogP contribution in [0.25, 0.3) is 0 Å². The molecule has 0 unspecified atom stereocenters. The highest BCUT2D eigenvalue weighted by Crippen LogP contribution is 2.37. The number of carbonyl (C=O) groups is 3. The molecule has 1 aliphatic carbocycles. The first kappa shape index (κ1) is 17.9. The van der Waals surface area contributed by atoms with Gasteiger partial charge in [0.25, 0.3) is 0 Å². The number of aryl methyl sites for hydroxylation is 1. The highest BCUT2D eigenvalue weighted by atomic mass is 16.2. The summed E-state index contributed by atoms with van der Waals surface area (Å²) in [5.74, 6) is 0.723. The minimum Gasteiger partial charge on any atom is -0.356 e. The molecule has 24 heavy (non-hydrogen) atoms. The molecule has 0 radical (unpaired) electrons. The number of hydrogen-bond donors (Lipinski definition) is 3. The van der Waals surface area contributed by atoms with Crippen molar-refractivity contribution in [2.24, 2.45) is 11.8 Å². The summed E-state index contributed by atoms with van der Waals surface area (Å²) in [6, 6.07) is 5.38. The zero-order chi connectivity index (χ0) is 17.5. The van der Waals surface area contributed by atoms with Crippen LogP contribution in [0.4, 0.5) is 5.82 Å². The van der Waals surface area contributed by atoms with Gasteiger partial charge in [0.05, 0.1) is 0 Å². The molecule has 130 valence electrons. The van der Waals surface area contributed by atoms with Crippen molar-refractivity contribution in [1.82, 2.24) is 15.6 Å². The zero-order valence-electron chi connectivity index (χ0n) is 14.1. The second kappa shape index (κ2) is 8.42. The molecule has 1 aromatic rings. The molecular formula is C17H24N4O3. The molecule has 2 atom stereocenters. The summed E-state index contributed by atoms with van der Waals surface area (Å²) < 4.78 is 0. The standard InChI is InChI=1S/C17H24N4O3/c1-11-10-13(11)17(24)19-9-6-15(22)18-8-7-16(23)21-14-5-3-4-12(2)20-14/h3-5,11,13H,6-10H2,1-2H3,(H,18,22)(H,19,24)(H,20,21,23)/t11-,13+/m1/s1. The predicted molar refractivity (Wildman–Crippen MR) is 90.1 cm³/mol. The fourth-order valence-electron chi connectivity index (χ4n) is 2.34. The first-order chi connectivity index (χ1) is 11.5. The first-order valence-electron chi connectivity index (χ1n) is 8.23. The predicted octanol–water partition coefficient (Wildman–Crippen LogP) is 0.997. The summed E-state index contributed by atoms with van der Waals surface area (Å²) in [6.45, 7) is 4.46. The summed E-state index contributed by atoms with van der Waals surface area (Å²) in [6.07, 6.45) is 1.32. The minimum atomic E-state index is -0.204. The van der Waals surface area contributed by atoms with Gasteiger partial charge >= 0.3 is 0 Å². The molecule has 1 heterocycles. The highest BCUT2D eigenvalue weighted by molar-refractivity contribution is 5.90. The summed E-state index contributed by atoms with van der Waals surface area (Å²) in [4.78, 5) is 39.2. The van der Waals surface area contributed by atoms with Crippen molar-refractivity contribution in [2.45, 2.75) is 33.1 Å². The van der Waals surface area contributed by atoms with Crippen LogP contribution in [0.1, 0.15) is 31.9 Å². The maximum atomic E-state index is 11.8. The molecule has 2 rings (SSSR count). The second-order valence-corrected chi connectivity index (χ2v) is 6.17. The molecule has 1 aromatic heterocycles. The molecule has 0 saturated heterocycles. The third-order valence-electron chi connectivity index (χ3n) is 3.93. The van der Waals surface area contributed by atoms with Crippen molar-refractivity contribution in [3.8, 4) is 0 Å². The quantitative estimate of drug-likeness (QED) is 0.661. The molecule has 0 aliphatic heterocycles. The van der Waals surface area contributed by atoms with Crippen LogP contribution in [0, 0.1) is 18.8 Å². The number of carbonyl (C=O) groups excluding carboxylic acids is 3. The maximum Gasteiger partial charge on any atom is 0.227 e. The van der Waals surface area contributed by atoms with Crippen molar-refractivity contribution >= 4 is 23.5 Å². The lowest BCUT2D eigenvalue weighted by atomic mass is 10.3. The van der Waals surface area contributed by atoms with Gasteiger partial charge in [-0.15, -0.1) is 0 Å². The van der Waals surface area contributed by atoms with E-state index in [1.165, 1.54) is 0 Å². The van der Waals surface area contributed by atoms with E-state index >= 15 is 0 Å². The molecule has 0 aromatic carbocycles. The molecular weight excluding hydrogens is 308 g/mol. The molecule has 7 nitrogen and oxygen atoms in total. The van der Waals surface area contributed by atoms with E-state index in [0.29, 0.717) is 18.3 Å². The lowest BCUT2D eigenvalue weighted by Gasteiger charge is -2.07. The Kier molecular flexibility index (Phi) is 6.28. The average molecular weight is 332 g/mol. The van der Waals surface area contributed by atoms with Crippen molar-refractivity contribution < 1.29 is 14.4 Å². The maximum absolute atomic E-state index is 11.8. The molecule has 1 saturated carbocycles. The van der Waals surface area contributed by atoms with E-state index in [2.05, 4.69) is 20.9 Å². The van der Waals surface area contributed by atoms with Crippen LogP contribution in [0.3, 0.4) is 0 Å². The van der Waals surface area contributed by atoms with Crippen LogP contribution in [-0.4, -0.2) is 35.8 Å². The smallest absolute Gasteiger partial charge is 0.227 e. The molecule has 7 heteroatoms. The van der Waals surface area contributed by atoms with Gasteiger partial charge in [0.15, 0.2) is 0 Å². The van der Waals surface area contributed by atoms with Crippen LogP contribution < -0.4 is 16.0 Å². The third kappa shape index (κ3) is 5.98. The fourth-order valence-corrected chi connectivity index (χ4v) is 2.34. The van der Waals surface area contributed by atoms with E-state index in [0.717, 1.165) is 12.1 Å². The second-order valence-electron chi connectivity index (χ2n) is 6.17. The Bertz CT molecular complexity index is 618. The van der Waals surface area contributed by atoms with Crippen LogP contribution in [0.2, 0.25) is 0 Å². The molecule has 3 amide bonds. The monoisotopic (exact) mass is 332 g/mol. The minimum absolute atomic E-state index is 0.0281. The highest BCUT2D eigenvalue weighted by Gasteiger charge is 2.38. The molecule has 0 spiro atoms. The number of nitrogens with one attached hydrogen (secondary N) is 3. The van der Waals surface area contributed by atoms with Crippen LogP contribution in [-0.2, 0) is 14.4 Å². The molecule has 3 N–H and O–H groups in total. The normalized spacial score (nSPS) is 18.6. The first-order valence-corrected chi connectivity index (χ1v) is 8.23. The lowest BCUT2D eigenvalue weighted by Crippen LogP contribution is -2.33. The van der Waals surface area contributed by atoms with E-state index in [9.17, 15) is 14.4 Å². The van der Waals surface area contributed by atoms with Gasteiger partial charge in [0, 0.05) is 37.5 Å². The SMILES string of the molecule is Cc1cccc(NC(=O)CCNC(=O)CCNC(=O)[C@H]2C[C@H]2C)n1. The molecule has 1 fully saturated rings. The summed E-state index contributed by atoms with van der Waals surface area (Å²) in [7, 11) is 0. The van der Waals surface area contributed by atoms with Gasteiger partial charge in [-0.3, -0.25) is 14.4 Å². The summed E-state index contributed by atoms with van der Waals surface area (Å²) in [5, 5.41) is 8.10. The molecule has 0 bridgehead atoms. The number of nitrogens with zero attached hydrogens (tertiary/aromatic N) is 1. The number of pyridine rings is 1. The Labute approximate surface area is 141 Å². The van der Waals surface area contributed by atoms with E-state index in [4.69, 9.17) is 0 Å². The Hall–Kier alpha value is -2.44. The van der Waals surface area contributed by atoms with Crippen LogP contribution in [0.15, 0.2) is 18.2 Å². The van der Waals surface area contributed by atoms with Crippen molar-refractivity contribution in [1.29, 1.82) is 0 Å². The van der Waals surface area contributed by atoms with Gasteiger partial charge in [-0.25, -0.2) is 4.98 Å². The van der Waals surface area contributed by atoms with Gasteiger partial charge in [0.1, 0.15) is 5.82 Å². The van der Waals surface area contributed by atoms with E-state index in [1.54, 1.807) is 6.07 Å². The van der Waals surface area contributed by atoms with Crippen molar-refractivity contribution in [2.75, 3.05) is 18.4 Å². The average Bonchev–Trinajstić information content (AvgIpc) is 3.24. The van der Waals surface area contributed by atoms with Gasteiger partial charge in [-0.05, 0) is 31.4 Å². The van der Waals surface area contributed by atoms with Crippen molar-refractivity contribution in [3.05, 3.63) is 23.9 Å². The largest absolute Gasteiger partial charge is 0.356 e. The van der Waals surface area contributed by atoms with E-state index in [1.807, 2.05) is 26.0 Å². The van der Waals surface area contributed by atoms with Gasteiger partial charge in [0.2, 0.25) is 17.7 Å². The Morgan fingerprint density at radius 1 is 1.12 bits per heavy atom. The number of hydrogen-bond acceptors (Lipinski definition) is 4. The van der Waals surface area contributed by atoms with Crippen LogP contribution >= 0.6 is 0 Å². The van der Waals surface area contributed by atoms with Crippen molar-refractivity contribution in [3.63, 3.8) is 0 Å². The van der Waals surface area contributed by atoms with Gasteiger partial charge in [-0.2, -0.15) is 0 Å². The fraction of sp³-hybridized carbons (Fsp3) is 0.529. The number of rotatable bonds is 8. The zero-order valence-corrected chi connectivity index (χ0v) is 14.1. The number of amides is 3. The van der Waals surface area contributed by atoms with Gasteiger partial charge in [-0.1, -0.05) is 13.0 Å². The van der Waals surface area contributed by atoms with Crippen LogP contribution in [0.5, 0.6) is 0 Å². The Morgan fingerprint density at radius 3 is 2.46 bits per heavy atom.